The van der Waals surface area contributed by atoms with Gasteiger partial charge in [0.05, 0.1) is 12.7 Å². The van der Waals surface area contributed by atoms with Gasteiger partial charge in [-0.15, -0.1) is 0 Å². The van der Waals surface area contributed by atoms with E-state index in [-0.39, 0.29) is 37.3 Å². The van der Waals surface area contributed by atoms with E-state index in [0.29, 0.717) is 18.8 Å². The second kappa shape index (κ2) is 8.03. The van der Waals surface area contributed by atoms with Gasteiger partial charge in [0.15, 0.2) is 0 Å². The fraction of sp³-hybridized carbons (Fsp3) is 0.579. The lowest BCUT2D eigenvalue weighted by Gasteiger charge is -2.58. The number of nitrogens with one attached hydrogen (secondary N) is 1. The zero-order valence-electron chi connectivity index (χ0n) is 15.4. The molecular formula is C19H26FNO5. The zero-order valence-corrected chi connectivity index (χ0v) is 15.4. The lowest BCUT2D eigenvalue weighted by atomic mass is 9.54. The number of carboxylic acids is 1. The van der Waals surface area contributed by atoms with Crippen molar-refractivity contribution in [2.24, 2.45) is 5.41 Å². The largest absolute Gasteiger partial charge is 0.494 e. The van der Waals surface area contributed by atoms with Gasteiger partial charge in [-0.25, -0.2) is 9.18 Å². The molecule has 7 heteroatoms. The number of ether oxygens (including phenoxy) is 2. The Bertz CT molecular complexity index is 646. The summed E-state index contributed by atoms with van der Waals surface area (Å²) in [5, 5.41) is 12.4. The SMILES string of the molecule is CCOC1CC(NC(=O)CCCOc2ccc(F)cc2)(C(=O)O)C1(C)C. The second-order valence-electron chi connectivity index (χ2n) is 7.03. The fourth-order valence-corrected chi connectivity index (χ4v) is 3.29. The topological polar surface area (TPSA) is 84.9 Å². The highest BCUT2D eigenvalue weighted by Crippen LogP contribution is 2.51. The summed E-state index contributed by atoms with van der Waals surface area (Å²) in [6.07, 6.45) is 0.617. The van der Waals surface area contributed by atoms with Gasteiger partial charge in [-0.2, -0.15) is 0 Å². The molecule has 0 heterocycles. The standard InChI is InChI=1S/C19H26FNO5/c1-4-25-15-12-19(17(23)24,18(15,2)3)21-16(22)6-5-11-26-14-9-7-13(20)8-10-14/h7-10,15H,4-6,11-12H2,1-3H3,(H,21,22)(H,23,24). The van der Waals surface area contributed by atoms with Crippen LogP contribution in [0.25, 0.3) is 0 Å². The number of aliphatic carboxylic acids is 1. The minimum atomic E-state index is -1.32. The molecule has 144 valence electrons. The van der Waals surface area contributed by atoms with Crippen LogP contribution in [0.15, 0.2) is 24.3 Å². The third-order valence-electron chi connectivity index (χ3n) is 5.11. The summed E-state index contributed by atoms with van der Waals surface area (Å²) in [6, 6.07) is 5.62. The van der Waals surface area contributed by atoms with Crippen LogP contribution < -0.4 is 10.1 Å². The Morgan fingerprint density at radius 3 is 2.50 bits per heavy atom. The van der Waals surface area contributed by atoms with Crippen LogP contribution >= 0.6 is 0 Å². The van der Waals surface area contributed by atoms with Crippen molar-refractivity contribution >= 4 is 11.9 Å². The monoisotopic (exact) mass is 367 g/mol. The molecule has 0 aliphatic heterocycles. The summed E-state index contributed by atoms with van der Waals surface area (Å²) < 4.78 is 23.8. The molecule has 0 aromatic heterocycles. The van der Waals surface area contributed by atoms with Crippen molar-refractivity contribution in [3.05, 3.63) is 30.1 Å². The van der Waals surface area contributed by atoms with Gasteiger partial charge < -0.3 is 19.9 Å². The van der Waals surface area contributed by atoms with Gasteiger partial charge in [-0.05, 0) is 37.6 Å². The lowest BCUT2D eigenvalue weighted by molar-refractivity contribution is -0.194. The van der Waals surface area contributed by atoms with E-state index in [1.54, 1.807) is 13.8 Å². The molecule has 2 atom stereocenters. The van der Waals surface area contributed by atoms with Crippen LogP contribution in [0.2, 0.25) is 0 Å². The number of rotatable bonds is 9. The Labute approximate surface area is 152 Å². The third-order valence-corrected chi connectivity index (χ3v) is 5.11. The highest BCUT2D eigenvalue weighted by atomic mass is 19.1. The molecule has 2 rings (SSSR count). The first-order valence-corrected chi connectivity index (χ1v) is 8.77. The summed E-state index contributed by atoms with van der Waals surface area (Å²) >= 11 is 0. The average Bonchev–Trinajstić information content (AvgIpc) is 2.58. The molecule has 1 fully saturated rings. The van der Waals surface area contributed by atoms with E-state index < -0.39 is 16.9 Å². The van der Waals surface area contributed by atoms with Crippen molar-refractivity contribution in [1.29, 1.82) is 0 Å². The van der Waals surface area contributed by atoms with Crippen LogP contribution in [0.1, 0.15) is 40.0 Å². The van der Waals surface area contributed by atoms with Crippen molar-refractivity contribution < 1.29 is 28.6 Å². The van der Waals surface area contributed by atoms with Crippen LogP contribution in [0.3, 0.4) is 0 Å². The highest BCUT2D eigenvalue weighted by Gasteiger charge is 2.66. The number of carbonyl (C=O) groups excluding carboxylic acids is 1. The van der Waals surface area contributed by atoms with Crippen molar-refractivity contribution in [2.45, 2.75) is 51.7 Å². The minimum Gasteiger partial charge on any atom is -0.494 e. The van der Waals surface area contributed by atoms with Crippen molar-refractivity contribution in [3.63, 3.8) is 0 Å². The zero-order chi connectivity index (χ0) is 19.4. The lowest BCUT2D eigenvalue weighted by Crippen LogP contribution is -2.76. The number of hydrogen-bond acceptors (Lipinski definition) is 4. The van der Waals surface area contributed by atoms with E-state index in [9.17, 15) is 19.1 Å². The van der Waals surface area contributed by atoms with E-state index in [2.05, 4.69) is 5.32 Å². The van der Waals surface area contributed by atoms with Gasteiger partial charge >= 0.3 is 5.97 Å². The van der Waals surface area contributed by atoms with Crippen LogP contribution in [0.5, 0.6) is 5.75 Å². The number of carbonyl (C=O) groups is 2. The predicted molar refractivity (Wildman–Crippen MR) is 93.5 cm³/mol. The molecular weight excluding hydrogens is 341 g/mol. The average molecular weight is 367 g/mol. The molecule has 1 aromatic rings. The number of hydrogen-bond donors (Lipinski definition) is 2. The molecule has 1 saturated carbocycles. The molecule has 2 unspecified atom stereocenters. The Morgan fingerprint density at radius 2 is 1.96 bits per heavy atom. The first kappa shape index (κ1) is 20.2. The molecule has 0 bridgehead atoms. The Balaban J connectivity index is 1.83. The Hall–Kier alpha value is -2.15. The molecule has 1 amide bonds. The summed E-state index contributed by atoms with van der Waals surface area (Å²) in [4.78, 5) is 24.1. The summed E-state index contributed by atoms with van der Waals surface area (Å²) in [5.41, 5.74) is -2.02. The van der Waals surface area contributed by atoms with E-state index in [0.717, 1.165) is 0 Å². The van der Waals surface area contributed by atoms with E-state index >= 15 is 0 Å². The molecule has 1 aromatic carbocycles. The van der Waals surface area contributed by atoms with Crippen molar-refractivity contribution in [3.8, 4) is 5.75 Å². The minimum absolute atomic E-state index is 0.144. The quantitative estimate of drug-likeness (QED) is 0.656. The van der Waals surface area contributed by atoms with Crippen LogP contribution in [0.4, 0.5) is 4.39 Å². The van der Waals surface area contributed by atoms with Gasteiger partial charge in [0.2, 0.25) is 5.91 Å². The molecule has 6 nitrogen and oxygen atoms in total. The summed E-state index contributed by atoms with van der Waals surface area (Å²) in [7, 11) is 0. The van der Waals surface area contributed by atoms with Crippen molar-refractivity contribution in [2.75, 3.05) is 13.2 Å². The second-order valence-corrected chi connectivity index (χ2v) is 7.03. The van der Waals surface area contributed by atoms with Gasteiger partial charge in [-0.1, -0.05) is 13.8 Å². The van der Waals surface area contributed by atoms with Crippen LogP contribution in [-0.2, 0) is 14.3 Å². The number of carboxylic acid groups (broad SMARTS) is 1. The number of amides is 1. The maximum absolute atomic E-state index is 12.8. The number of benzene rings is 1. The maximum Gasteiger partial charge on any atom is 0.330 e. The Morgan fingerprint density at radius 1 is 1.31 bits per heavy atom. The molecule has 0 radical (unpaired) electrons. The number of halogens is 1. The third kappa shape index (κ3) is 3.98. The molecule has 0 saturated heterocycles. The molecule has 1 aliphatic carbocycles. The van der Waals surface area contributed by atoms with E-state index in [1.165, 1.54) is 24.3 Å². The van der Waals surface area contributed by atoms with E-state index in [4.69, 9.17) is 9.47 Å². The first-order chi connectivity index (χ1) is 12.2. The highest BCUT2D eigenvalue weighted by molar-refractivity contribution is 5.89. The normalized spacial score (nSPS) is 23.8. The van der Waals surface area contributed by atoms with Gasteiger partial charge in [-0.3, -0.25) is 4.79 Å². The molecule has 2 N–H and O–H groups in total. The van der Waals surface area contributed by atoms with Gasteiger partial charge in [0.1, 0.15) is 17.1 Å². The van der Waals surface area contributed by atoms with Gasteiger partial charge in [0.25, 0.3) is 0 Å². The molecule has 0 spiro atoms. The fourth-order valence-electron chi connectivity index (χ4n) is 3.29. The molecule has 26 heavy (non-hydrogen) atoms. The predicted octanol–water partition coefficient (Wildman–Crippen LogP) is 2.76. The van der Waals surface area contributed by atoms with E-state index in [1.807, 2.05) is 6.92 Å². The van der Waals surface area contributed by atoms with Crippen LogP contribution in [-0.4, -0.2) is 41.8 Å². The molecule has 1 aliphatic rings. The first-order valence-electron chi connectivity index (χ1n) is 8.77. The Kier molecular flexibility index (Phi) is 6.23. The van der Waals surface area contributed by atoms with Crippen molar-refractivity contribution in [1.82, 2.24) is 5.32 Å². The smallest absolute Gasteiger partial charge is 0.330 e. The summed E-state index contributed by atoms with van der Waals surface area (Å²) in [6.45, 7) is 6.23. The summed E-state index contributed by atoms with van der Waals surface area (Å²) in [5.74, 6) is -1.20. The maximum atomic E-state index is 12.8. The van der Waals surface area contributed by atoms with Crippen LogP contribution in [0, 0.1) is 11.2 Å². The van der Waals surface area contributed by atoms with Gasteiger partial charge in [0, 0.05) is 24.9 Å².